The van der Waals surface area contributed by atoms with Crippen molar-refractivity contribution in [3.05, 3.63) is 108 Å². The molecule has 0 saturated heterocycles. The highest BCUT2D eigenvalue weighted by Gasteiger charge is 2.37. The van der Waals surface area contributed by atoms with Crippen molar-refractivity contribution in [2.75, 3.05) is 13.2 Å². The normalized spacial score (nSPS) is 11.7. The Bertz CT molecular complexity index is 733. The van der Waals surface area contributed by atoms with E-state index in [0.717, 1.165) is 29.2 Å². The Hall–Kier alpha value is -1.62. The highest BCUT2D eigenvalue weighted by Crippen LogP contribution is 2.40. The number of alkyl halides is 2. The summed E-state index contributed by atoms with van der Waals surface area (Å²) in [7, 11) is 0.369. The van der Waals surface area contributed by atoms with Gasteiger partial charge in [0.1, 0.15) is 10.4 Å². The fourth-order valence-electron chi connectivity index (χ4n) is 3.33. The molecule has 0 amide bonds. The summed E-state index contributed by atoms with van der Waals surface area (Å²) >= 11 is 11.4. The zero-order valence-electron chi connectivity index (χ0n) is 16.1. The third kappa shape index (κ3) is 5.94. The van der Waals surface area contributed by atoms with Gasteiger partial charge in [-0.1, -0.05) is 91.0 Å². The van der Waals surface area contributed by atoms with Crippen molar-refractivity contribution < 1.29 is 9.16 Å². The van der Waals surface area contributed by atoms with Crippen LogP contribution in [0.2, 0.25) is 6.04 Å². The van der Waals surface area contributed by atoms with Gasteiger partial charge in [-0.2, -0.15) is 0 Å². The molecular weight excluding hydrogens is 419 g/mol. The monoisotopic (exact) mass is 442 g/mol. The first kappa shape index (κ1) is 22.1. The molecule has 0 N–H and O–H groups in total. The third-order valence-corrected chi connectivity index (χ3v) is 5.77. The van der Waals surface area contributed by atoms with Crippen LogP contribution in [-0.4, -0.2) is 27.8 Å². The van der Waals surface area contributed by atoms with Crippen LogP contribution in [-0.2, 0) is 14.8 Å². The van der Waals surface area contributed by atoms with Gasteiger partial charge in [0.05, 0.1) is 6.61 Å². The van der Waals surface area contributed by atoms with Crippen molar-refractivity contribution in [1.29, 1.82) is 0 Å². The molecule has 0 fully saturated rings. The van der Waals surface area contributed by atoms with E-state index in [-0.39, 0.29) is 0 Å². The molecule has 29 heavy (non-hydrogen) atoms. The summed E-state index contributed by atoms with van der Waals surface area (Å²) in [5.74, 6) is 0. The third-order valence-electron chi connectivity index (χ3n) is 4.59. The van der Waals surface area contributed by atoms with Crippen LogP contribution in [0.15, 0.2) is 91.0 Å². The summed E-state index contributed by atoms with van der Waals surface area (Å²) < 4.78 is 12.2. The van der Waals surface area contributed by atoms with E-state index in [9.17, 15) is 0 Å². The molecule has 0 saturated carbocycles. The molecule has 0 bridgehead atoms. The zero-order chi connectivity index (χ0) is 20.4. The Kier molecular flexibility index (Phi) is 8.78. The van der Waals surface area contributed by atoms with E-state index in [1.54, 1.807) is 0 Å². The van der Waals surface area contributed by atoms with Gasteiger partial charge in [-0.25, -0.2) is 0 Å². The molecule has 0 aliphatic rings. The largest absolute Gasteiger partial charge is 0.415 e. The molecule has 3 rings (SSSR count). The maximum Gasteiger partial charge on any atom is 0.229 e. The molecule has 0 heterocycles. The predicted octanol–water partition coefficient (Wildman–Crippen LogP) is 6.24. The molecule has 150 valence electrons. The van der Waals surface area contributed by atoms with E-state index in [1.807, 2.05) is 18.2 Å². The maximum atomic E-state index is 6.71. The van der Waals surface area contributed by atoms with Gasteiger partial charge < -0.3 is 9.16 Å². The standard InChI is InChI=1S/C24H24Cl2O2Si/c25-23(26)19-28-29-18-10-17-27-24(20-11-4-1-5-12-20,21-13-6-2-7-14-21)22-15-8-3-9-16-22/h1-9,11-16,23H,10,17-19H2. The first-order valence-electron chi connectivity index (χ1n) is 9.67. The van der Waals surface area contributed by atoms with Crippen LogP contribution in [0.3, 0.4) is 0 Å². The smallest absolute Gasteiger partial charge is 0.229 e. The molecule has 2 nitrogen and oxygen atoms in total. The quantitative estimate of drug-likeness (QED) is 0.151. The Morgan fingerprint density at radius 1 is 0.724 bits per heavy atom. The van der Waals surface area contributed by atoms with Crippen LogP contribution in [0.1, 0.15) is 23.1 Å². The summed E-state index contributed by atoms with van der Waals surface area (Å²) in [5, 5.41) is 0. The molecule has 0 unspecified atom stereocenters. The van der Waals surface area contributed by atoms with Gasteiger partial charge in [0.2, 0.25) is 9.76 Å². The maximum absolute atomic E-state index is 6.71. The van der Waals surface area contributed by atoms with Crippen molar-refractivity contribution in [3.63, 3.8) is 0 Å². The molecule has 0 aromatic heterocycles. The van der Waals surface area contributed by atoms with Crippen LogP contribution in [0.5, 0.6) is 0 Å². The second-order valence-corrected chi connectivity index (χ2v) is 8.93. The highest BCUT2D eigenvalue weighted by molar-refractivity contribution is 6.44. The minimum absolute atomic E-state index is 0.365. The molecule has 0 aliphatic carbocycles. The van der Waals surface area contributed by atoms with Crippen molar-refractivity contribution >= 4 is 33.0 Å². The van der Waals surface area contributed by atoms with Gasteiger partial charge in [0, 0.05) is 6.61 Å². The van der Waals surface area contributed by atoms with E-state index >= 15 is 0 Å². The Morgan fingerprint density at radius 2 is 1.17 bits per heavy atom. The number of ether oxygens (including phenoxy) is 1. The van der Waals surface area contributed by atoms with E-state index in [0.29, 0.717) is 23.0 Å². The van der Waals surface area contributed by atoms with Gasteiger partial charge in [-0.3, -0.25) is 0 Å². The van der Waals surface area contributed by atoms with Crippen LogP contribution in [0, 0.1) is 0 Å². The van der Waals surface area contributed by atoms with Gasteiger partial charge in [-0.05, 0) is 29.2 Å². The molecule has 2 radical (unpaired) electrons. The first-order valence-corrected chi connectivity index (χ1v) is 11.7. The summed E-state index contributed by atoms with van der Waals surface area (Å²) in [6.07, 6.45) is 0.891. The highest BCUT2D eigenvalue weighted by atomic mass is 35.5. The lowest BCUT2D eigenvalue weighted by molar-refractivity contribution is 0.0131. The molecule has 0 atom stereocenters. The van der Waals surface area contributed by atoms with Crippen LogP contribution >= 0.6 is 23.2 Å². The second kappa shape index (κ2) is 11.5. The molecule has 3 aromatic carbocycles. The number of rotatable bonds is 11. The average molecular weight is 443 g/mol. The van der Waals surface area contributed by atoms with Gasteiger partial charge in [0.25, 0.3) is 0 Å². The minimum Gasteiger partial charge on any atom is -0.415 e. The summed E-state index contributed by atoms with van der Waals surface area (Å²) in [5.41, 5.74) is 2.68. The summed E-state index contributed by atoms with van der Waals surface area (Å²) in [6.45, 7) is 0.977. The Labute approximate surface area is 185 Å². The molecule has 0 aliphatic heterocycles. The van der Waals surface area contributed by atoms with Gasteiger partial charge in [0.15, 0.2) is 0 Å². The second-order valence-electron chi connectivity index (χ2n) is 6.58. The number of halogens is 2. The van der Waals surface area contributed by atoms with Crippen molar-refractivity contribution in [2.45, 2.75) is 22.9 Å². The number of hydrogen-bond donors (Lipinski definition) is 0. The SMILES string of the molecule is ClC(Cl)CO[Si]CCCOC(c1ccccc1)(c1ccccc1)c1ccccc1. The summed E-state index contributed by atoms with van der Waals surface area (Å²) in [4.78, 5) is -0.472. The molecular formula is C24H24Cl2O2Si. The number of benzene rings is 3. The van der Waals surface area contributed by atoms with Crippen LogP contribution in [0.25, 0.3) is 0 Å². The molecule has 0 spiro atoms. The fourth-order valence-corrected chi connectivity index (χ4v) is 4.39. The van der Waals surface area contributed by atoms with Gasteiger partial charge >= 0.3 is 0 Å². The zero-order valence-corrected chi connectivity index (χ0v) is 18.7. The van der Waals surface area contributed by atoms with Gasteiger partial charge in [-0.15, -0.1) is 23.2 Å². The minimum atomic E-state index is -0.662. The Morgan fingerprint density at radius 3 is 1.59 bits per heavy atom. The van der Waals surface area contributed by atoms with E-state index in [2.05, 4.69) is 72.8 Å². The van der Waals surface area contributed by atoms with Crippen LogP contribution < -0.4 is 0 Å². The lowest BCUT2D eigenvalue weighted by Gasteiger charge is -2.36. The van der Waals surface area contributed by atoms with E-state index in [1.165, 1.54) is 0 Å². The molecule has 5 heteroatoms. The van der Waals surface area contributed by atoms with E-state index < -0.39 is 10.4 Å². The van der Waals surface area contributed by atoms with Crippen molar-refractivity contribution in [2.24, 2.45) is 0 Å². The first-order chi connectivity index (χ1) is 14.2. The predicted molar refractivity (Wildman–Crippen MR) is 122 cm³/mol. The fraction of sp³-hybridized carbons (Fsp3) is 0.250. The topological polar surface area (TPSA) is 18.5 Å². The Balaban J connectivity index is 1.85. The van der Waals surface area contributed by atoms with E-state index in [4.69, 9.17) is 32.4 Å². The van der Waals surface area contributed by atoms with Crippen LogP contribution in [0.4, 0.5) is 0 Å². The summed E-state index contributed by atoms with van der Waals surface area (Å²) in [6, 6.07) is 32.1. The lowest BCUT2D eigenvalue weighted by Crippen LogP contribution is -2.33. The van der Waals surface area contributed by atoms with Crippen molar-refractivity contribution in [1.82, 2.24) is 0 Å². The average Bonchev–Trinajstić information content (AvgIpc) is 2.77. The van der Waals surface area contributed by atoms with Crippen molar-refractivity contribution in [3.8, 4) is 0 Å². The number of hydrogen-bond acceptors (Lipinski definition) is 2. The lowest BCUT2D eigenvalue weighted by atomic mass is 9.80. The molecule has 3 aromatic rings.